The van der Waals surface area contributed by atoms with Crippen LogP contribution in [0.4, 0.5) is 17.6 Å². The minimum absolute atomic E-state index is 0.0350. The van der Waals surface area contributed by atoms with E-state index in [9.17, 15) is 27.2 Å². The van der Waals surface area contributed by atoms with E-state index in [0.29, 0.717) is 9.04 Å². The Balaban J connectivity index is 1.46. The molecule has 0 spiro atoms. The van der Waals surface area contributed by atoms with Gasteiger partial charge in [-0.25, -0.2) is 9.37 Å². The molecule has 1 unspecified atom stereocenters. The van der Waals surface area contributed by atoms with Gasteiger partial charge in [0.25, 0.3) is 0 Å². The van der Waals surface area contributed by atoms with E-state index in [2.05, 4.69) is 15.6 Å². The van der Waals surface area contributed by atoms with Crippen molar-refractivity contribution >= 4 is 45.1 Å². The van der Waals surface area contributed by atoms with Crippen LogP contribution in [0.5, 0.6) is 0 Å². The molecule has 2 aromatic carbocycles. The molecule has 0 aliphatic carbocycles. The highest BCUT2D eigenvalue weighted by Gasteiger charge is 2.30. The van der Waals surface area contributed by atoms with Crippen molar-refractivity contribution in [3.05, 3.63) is 59.4 Å². The van der Waals surface area contributed by atoms with Gasteiger partial charge in [0.05, 0.1) is 34.1 Å². The molecule has 0 saturated heterocycles. The number of thiazole rings is 1. The Morgan fingerprint density at radius 1 is 1.13 bits per heavy atom. The van der Waals surface area contributed by atoms with Gasteiger partial charge in [0.2, 0.25) is 11.8 Å². The zero-order chi connectivity index (χ0) is 22.6. The van der Waals surface area contributed by atoms with Gasteiger partial charge in [-0.1, -0.05) is 23.9 Å². The largest absolute Gasteiger partial charge is 0.416 e. The van der Waals surface area contributed by atoms with Gasteiger partial charge in [0, 0.05) is 0 Å². The number of amides is 2. The van der Waals surface area contributed by atoms with Crippen molar-refractivity contribution in [1.82, 2.24) is 15.6 Å². The van der Waals surface area contributed by atoms with Gasteiger partial charge in [0.1, 0.15) is 5.82 Å². The molecule has 3 rings (SSSR count). The molecule has 164 valence electrons. The number of nitrogens with one attached hydrogen (secondary N) is 2. The smallest absolute Gasteiger partial charge is 0.348 e. The maximum atomic E-state index is 13.0. The molecule has 0 aliphatic rings. The summed E-state index contributed by atoms with van der Waals surface area (Å²) in [5.41, 5.74) is 0.165. The highest BCUT2D eigenvalue weighted by molar-refractivity contribution is 8.01. The summed E-state index contributed by atoms with van der Waals surface area (Å²) < 4.78 is 52.4. The molecule has 11 heteroatoms. The van der Waals surface area contributed by atoms with E-state index in [1.54, 1.807) is 19.1 Å². The first-order valence-electron chi connectivity index (χ1n) is 9.04. The molecule has 0 aliphatic heterocycles. The Morgan fingerprint density at radius 2 is 1.84 bits per heavy atom. The molecule has 3 aromatic rings. The van der Waals surface area contributed by atoms with Crippen molar-refractivity contribution < 1.29 is 27.2 Å². The van der Waals surface area contributed by atoms with Gasteiger partial charge in [-0.15, -0.1) is 11.3 Å². The molecule has 1 heterocycles. The fourth-order valence-corrected chi connectivity index (χ4v) is 4.51. The number of halogens is 4. The van der Waals surface area contributed by atoms with Crippen LogP contribution in [0.15, 0.2) is 46.8 Å². The van der Waals surface area contributed by atoms with Crippen LogP contribution in [0.1, 0.15) is 24.1 Å². The summed E-state index contributed by atoms with van der Waals surface area (Å²) in [6.45, 7) is 1.50. The number of carbonyl (C=O) groups is 2. The van der Waals surface area contributed by atoms with Crippen molar-refractivity contribution in [3.8, 4) is 0 Å². The molecule has 1 atom stereocenters. The highest BCUT2D eigenvalue weighted by atomic mass is 32.2. The molecule has 2 N–H and O–H groups in total. The van der Waals surface area contributed by atoms with E-state index in [1.807, 2.05) is 0 Å². The van der Waals surface area contributed by atoms with Crippen molar-refractivity contribution in [2.75, 3.05) is 12.3 Å². The van der Waals surface area contributed by atoms with Gasteiger partial charge < -0.3 is 10.6 Å². The lowest BCUT2D eigenvalue weighted by Gasteiger charge is -2.14. The second-order valence-corrected chi connectivity index (χ2v) is 8.82. The second kappa shape index (κ2) is 9.65. The zero-order valence-electron chi connectivity index (χ0n) is 16.1. The van der Waals surface area contributed by atoms with Crippen LogP contribution < -0.4 is 10.6 Å². The van der Waals surface area contributed by atoms with Crippen LogP contribution in [0.3, 0.4) is 0 Å². The molecule has 2 amide bonds. The fraction of sp³-hybridized carbons (Fsp3) is 0.250. The number of carbonyl (C=O) groups excluding carboxylic acids is 2. The number of fused-ring (bicyclic) bond motifs is 1. The van der Waals surface area contributed by atoms with Crippen LogP contribution in [-0.4, -0.2) is 29.1 Å². The Bertz CT molecular complexity index is 1080. The Kier molecular flexibility index (Phi) is 7.16. The van der Waals surface area contributed by atoms with Crippen LogP contribution in [-0.2, 0) is 15.8 Å². The van der Waals surface area contributed by atoms with E-state index in [1.165, 1.54) is 29.5 Å². The average Bonchev–Trinajstić information content (AvgIpc) is 3.12. The van der Waals surface area contributed by atoms with Gasteiger partial charge in [-0.3, -0.25) is 9.59 Å². The van der Waals surface area contributed by atoms with Crippen molar-refractivity contribution in [3.63, 3.8) is 0 Å². The summed E-state index contributed by atoms with van der Waals surface area (Å²) in [4.78, 5) is 28.1. The van der Waals surface area contributed by atoms with E-state index < -0.39 is 23.6 Å². The fourth-order valence-electron chi connectivity index (χ4n) is 2.63. The second-order valence-electron chi connectivity index (χ2n) is 6.57. The number of benzene rings is 2. The van der Waals surface area contributed by atoms with E-state index in [0.717, 1.165) is 29.5 Å². The monoisotopic (exact) mass is 471 g/mol. The van der Waals surface area contributed by atoms with Crippen LogP contribution in [0.2, 0.25) is 0 Å². The molecule has 31 heavy (non-hydrogen) atoms. The first kappa shape index (κ1) is 23.0. The lowest BCUT2D eigenvalue weighted by molar-refractivity contribution is -0.137. The summed E-state index contributed by atoms with van der Waals surface area (Å²) in [6.07, 6.45) is -4.44. The normalized spacial score (nSPS) is 12.5. The minimum Gasteiger partial charge on any atom is -0.348 e. The molecule has 5 nitrogen and oxygen atoms in total. The van der Waals surface area contributed by atoms with Gasteiger partial charge in [0.15, 0.2) is 4.34 Å². The number of nitrogens with zero attached hydrogens (tertiary/aromatic N) is 1. The summed E-state index contributed by atoms with van der Waals surface area (Å²) in [7, 11) is 0. The van der Waals surface area contributed by atoms with Crippen molar-refractivity contribution in [2.45, 2.75) is 23.5 Å². The highest BCUT2D eigenvalue weighted by Crippen LogP contribution is 2.35. The topological polar surface area (TPSA) is 71.1 Å². The number of thioether (sulfide) groups is 1. The molecule has 1 aromatic heterocycles. The predicted octanol–water partition coefficient (Wildman–Crippen LogP) is 4.54. The van der Waals surface area contributed by atoms with Gasteiger partial charge >= 0.3 is 6.18 Å². The molecule has 0 bridgehead atoms. The van der Waals surface area contributed by atoms with E-state index in [4.69, 9.17) is 0 Å². The molecular weight excluding hydrogens is 454 g/mol. The maximum absolute atomic E-state index is 13.0. The first-order valence-corrected chi connectivity index (χ1v) is 10.8. The Morgan fingerprint density at radius 3 is 2.52 bits per heavy atom. The van der Waals surface area contributed by atoms with Crippen molar-refractivity contribution in [2.24, 2.45) is 0 Å². The van der Waals surface area contributed by atoms with Crippen LogP contribution in [0.25, 0.3) is 10.2 Å². The number of hydrogen-bond acceptors (Lipinski definition) is 5. The number of alkyl halides is 3. The Hall–Kier alpha value is -2.66. The summed E-state index contributed by atoms with van der Waals surface area (Å²) in [5.74, 6) is -1.23. The van der Waals surface area contributed by atoms with Gasteiger partial charge in [-0.2, -0.15) is 13.2 Å². The molecule has 0 saturated carbocycles. The average molecular weight is 472 g/mol. The third-order valence-electron chi connectivity index (χ3n) is 4.22. The van der Waals surface area contributed by atoms with Crippen LogP contribution in [0, 0.1) is 5.82 Å². The van der Waals surface area contributed by atoms with Crippen LogP contribution >= 0.6 is 23.1 Å². The minimum atomic E-state index is -4.44. The standard InChI is InChI=1S/C20H17F4N3O2S2/c1-11(12-2-5-14(21)6-3-12)26-17(28)9-25-18(29)10-30-19-27-15-8-13(20(22,23)24)4-7-16(15)31-19/h2-8,11H,9-10H2,1H3,(H,25,29)(H,26,28). The summed E-state index contributed by atoms with van der Waals surface area (Å²) in [6, 6.07) is 8.67. The molecule has 0 radical (unpaired) electrons. The predicted molar refractivity (Wildman–Crippen MR) is 111 cm³/mol. The Labute approximate surface area is 183 Å². The summed E-state index contributed by atoms with van der Waals surface area (Å²) >= 11 is 2.27. The van der Waals surface area contributed by atoms with Crippen molar-refractivity contribution in [1.29, 1.82) is 0 Å². The maximum Gasteiger partial charge on any atom is 0.416 e. The van der Waals surface area contributed by atoms with E-state index >= 15 is 0 Å². The summed E-state index contributed by atoms with van der Waals surface area (Å²) in [5, 5.41) is 5.17. The molecule has 0 fully saturated rings. The number of rotatable bonds is 7. The zero-order valence-corrected chi connectivity index (χ0v) is 17.8. The quantitative estimate of drug-likeness (QED) is 0.392. The first-order chi connectivity index (χ1) is 14.6. The number of hydrogen-bond donors (Lipinski definition) is 2. The molecular formula is C20H17F4N3O2S2. The SMILES string of the molecule is CC(NC(=O)CNC(=O)CSc1nc2cc(C(F)(F)F)ccc2s1)c1ccc(F)cc1. The number of aromatic nitrogens is 1. The third kappa shape index (κ3) is 6.41. The lowest BCUT2D eigenvalue weighted by Crippen LogP contribution is -2.38. The van der Waals surface area contributed by atoms with E-state index in [-0.39, 0.29) is 29.7 Å². The lowest BCUT2D eigenvalue weighted by atomic mass is 10.1. The third-order valence-corrected chi connectivity index (χ3v) is 6.39. The van der Waals surface area contributed by atoms with Gasteiger partial charge in [-0.05, 0) is 42.8 Å².